The lowest BCUT2D eigenvalue weighted by atomic mass is 9.79. The van der Waals surface area contributed by atoms with Gasteiger partial charge in [-0.3, -0.25) is 0 Å². The predicted octanol–water partition coefficient (Wildman–Crippen LogP) is 16.7. The van der Waals surface area contributed by atoms with Gasteiger partial charge in [0.15, 0.2) is 0 Å². The first-order valence-electron chi connectivity index (χ1n) is 27.6. The Labute approximate surface area is 483 Å². The topological polar surface area (TPSA) is 73.8 Å². The highest BCUT2D eigenvalue weighted by Crippen LogP contribution is 2.71. The van der Waals surface area contributed by atoms with Crippen molar-refractivity contribution in [3.05, 3.63) is 143 Å². The fourth-order valence-corrected chi connectivity index (χ4v) is 12.3. The molecule has 2 aromatic heterocycles. The van der Waals surface area contributed by atoms with Crippen LogP contribution in [-0.4, -0.2) is 111 Å². The fraction of sp³-hybridized carbons (Fsp3) is 0.508. The maximum atomic E-state index is 17.4. The van der Waals surface area contributed by atoms with Gasteiger partial charge in [0.1, 0.15) is 0 Å². The van der Waals surface area contributed by atoms with Crippen LogP contribution < -0.4 is 0 Å². The van der Waals surface area contributed by atoms with Crippen LogP contribution in [0.25, 0.3) is 41.8 Å². The van der Waals surface area contributed by atoms with Gasteiger partial charge in [-0.2, -0.15) is 26.3 Å². The second-order valence-corrected chi connectivity index (χ2v) is 25.6. The van der Waals surface area contributed by atoms with Gasteiger partial charge in [-0.05, 0) is 106 Å². The van der Waals surface area contributed by atoms with Gasteiger partial charge in [-0.1, -0.05) is 139 Å². The molecule has 442 valence electrons. The first kappa shape index (κ1) is 64.1. The molecular formula is C65H80F6O8S2. The van der Waals surface area contributed by atoms with Gasteiger partial charge in [-0.15, -0.1) is 22.7 Å². The molecule has 0 radical (unpaired) electrons. The number of benzene rings is 4. The molecule has 7 rings (SSSR count). The SMILES string of the molecule is COCCOCCOCCOC(C)(C)c1ccc(-c2cc(C3C(c4cc(-c5ccc(C(C)(C)OCCOCCOCCOC)cc5)sc4-c4ccc(C(C)(C)C)cc4)C(F)(F)C(F)(F)C3(F)F)c(-c3ccc(C(C)(C)C)cc3)s2)cc1. The van der Waals surface area contributed by atoms with Crippen molar-refractivity contribution >= 4 is 22.7 Å². The van der Waals surface area contributed by atoms with E-state index in [0.29, 0.717) is 111 Å². The maximum absolute atomic E-state index is 17.4. The lowest BCUT2D eigenvalue weighted by Gasteiger charge is -2.26. The normalized spacial score (nSPS) is 17.3. The Kier molecular flexibility index (Phi) is 21.1. The number of methoxy groups -OCH3 is 2. The summed E-state index contributed by atoms with van der Waals surface area (Å²) < 4.78 is 147. The largest absolute Gasteiger partial charge is 0.382 e. The average molecular weight is 1170 g/mol. The van der Waals surface area contributed by atoms with Crippen LogP contribution in [0.5, 0.6) is 0 Å². The van der Waals surface area contributed by atoms with Crippen molar-refractivity contribution in [1.29, 1.82) is 0 Å². The maximum Gasteiger partial charge on any atom is 0.373 e. The second kappa shape index (κ2) is 26.6. The zero-order valence-corrected chi connectivity index (χ0v) is 50.5. The van der Waals surface area contributed by atoms with E-state index in [0.717, 1.165) is 44.9 Å². The van der Waals surface area contributed by atoms with E-state index in [9.17, 15) is 0 Å². The van der Waals surface area contributed by atoms with Gasteiger partial charge >= 0.3 is 17.8 Å². The van der Waals surface area contributed by atoms with Crippen molar-refractivity contribution in [1.82, 2.24) is 0 Å². The smallest absolute Gasteiger partial charge is 0.373 e. The van der Waals surface area contributed by atoms with E-state index in [-0.39, 0.29) is 31.7 Å². The highest BCUT2D eigenvalue weighted by Gasteiger charge is 2.85. The van der Waals surface area contributed by atoms with Gasteiger partial charge in [0.2, 0.25) is 0 Å². The van der Waals surface area contributed by atoms with E-state index < -0.39 is 40.8 Å². The van der Waals surface area contributed by atoms with E-state index in [1.54, 1.807) is 38.5 Å². The zero-order valence-electron chi connectivity index (χ0n) is 48.9. The van der Waals surface area contributed by atoms with E-state index in [1.807, 2.05) is 142 Å². The monoisotopic (exact) mass is 1170 g/mol. The van der Waals surface area contributed by atoms with Crippen LogP contribution in [0.1, 0.15) is 114 Å². The number of alkyl halides is 6. The van der Waals surface area contributed by atoms with Crippen LogP contribution in [-0.2, 0) is 59.9 Å². The molecule has 1 aliphatic carbocycles. The fourth-order valence-electron chi connectivity index (χ4n) is 9.91. The molecule has 6 aromatic rings. The highest BCUT2D eigenvalue weighted by atomic mass is 32.1. The molecule has 16 heteroatoms. The summed E-state index contributed by atoms with van der Waals surface area (Å²) in [5.41, 5.74) is 2.95. The van der Waals surface area contributed by atoms with E-state index >= 15 is 26.3 Å². The molecule has 1 saturated carbocycles. The lowest BCUT2D eigenvalue weighted by molar-refractivity contribution is -0.274. The van der Waals surface area contributed by atoms with Crippen molar-refractivity contribution in [2.75, 3.05) is 93.5 Å². The Bertz CT molecular complexity index is 2720. The molecule has 1 fully saturated rings. The number of halogens is 6. The number of thiophene rings is 2. The molecule has 2 unspecified atom stereocenters. The van der Waals surface area contributed by atoms with Crippen LogP contribution >= 0.6 is 22.7 Å². The van der Waals surface area contributed by atoms with E-state index in [2.05, 4.69) is 0 Å². The molecule has 1 aliphatic rings. The average Bonchev–Trinajstić information content (AvgIpc) is 2.78. The highest BCUT2D eigenvalue weighted by molar-refractivity contribution is 7.19. The molecule has 0 amide bonds. The Balaban J connectivity index is 1.28. The third kappa shape index (κ3) is 14.9. The Morgan fingerprint density at radius 3 is 0.938 bits per heavy atom. The van der Waals surface area contributed by atoms with E-state index in [4.69, 9.17) is 37.9 Å². The first-order valence-corrected chi connectivity index (χ1v) is 29.2. The van der Waals surface area contributed by atoms with Crippen LogP contribution in [0.3, 0.4) is 0 Å². The van der Waals surface area contributed by atoms with Gasteiger partial charge in [0.25, 0.3) is 0 Å². The third-order valence-electron chi connectivity index (χ3n) is 14.9. The summed E-state index contributed by atoms with van der Waals surface area (Å²) in [4.78, 5) is 1.31. The molecule has 0 N–H and O–H groups in total. The van der Waals surface area contributed by atoms with Gasteiger partial charge in [0.05, 0.1) is 102 Å². The molecule has 4 aromatic carbocycles. The predicted molar refractivity (Wildman–Crippen MR) is 313 cm³/mol. The van der Waals surface area contributed by atoms with Crippen LogP contribution in [0, 0.1) is 0 Å². The quantitative estimate of drug-likeness (QED) is 0.0355. The van der Waals surface area contributed by atoms with Gasteiger partial charge in [0, 0.05) is 33.7 Å². The molecule has 0 spiro atoms. The number of ether oxygens (including phenoxy) is 8. The van der Waals surface area contributed by atoms with E-state index in [1.165, 1.54) is 12.1 Å². The standard InChI is InChI=1S/C65H80F6O8S2/c1-59(2,3)47-21-17-45(18-22-47)57-51(41-53(80-57)43-13-25-49(26-14-43)61(7,8)78-39-37-76-35-33-74-31-29-72-11)55-56(64(68,69)65(70,71)63(55,66)67)52-42-54(81-58(52)46-19-23-48(24-20-46)60(4,5)6)44-15-27-50(28-16-44)62(9,10)79-40-38-77-36-34-75-32-30-73-12/h13-28,41-42,55-56H,29-40H2,1-12H3. The molecular weight excluding hydrogens is 1090 g/mol. The van der Waals surface area contributed by atoms with Crippen LogP contribution in [0.2, 0.25) is 0 Å². The summed E-state index contributed by atoms with van der Waals surface area (Å²) in [6.45, 7) is 24.7. The molecule has 0 saturated heterocycles. The van der Waals surface area contributed by atoms with Gasteiger partial charge in [-0.25, -0.2) is 0 Å². The Hall–Kier alpha value is -4.46. The third-order valence-corrected chi connectivity index (χ3v) is 17.4. The molecule has 81 heavy (non-hydrogen) atoms. The summed E-state index contributed by atoms with van der Waals surface area (Å²) in [5, 5.41) is 0. The summed E-state index contributed by atoms with van der Waals surface area (Å²) in [5.74, 6) is -21.5. The summed E-state index contributed by atoms with van der Waals surface area (Å²) in [6, 6.07) is 32.0. The first-order chi connectivity index (χ1) is 38.2. The molecule has 0 aliphatic heterocycles. The van der Waals surface area contributed by atoms with Crippen LogP contribution in [0.15, 0.2) is 109 Å². The number of hydrogen-bond donors (Lipinski definition) is 0. The minimum Gasteiger partial charge on any atom is -0.382 e. The van der Waals surface area contributed by atoms with Crippen molar-refractivity contribution in [3.8, 4) is 41.8 Å². The lowest BCUT2D eigenvalue weighted by Crippen LogP contribution is -2.48. The summed E-state index contributed by atoms with van der Waals surface area (Å²) >= 11 is 2.23. The summed E-state index contributed by atoms with van der Waals surface area (Å²) in [6.07, 6.45) is 0. The Morgan fingerprint density at radius 2 is 0.642 bits per heavy atom. The van der Waals surface area contributed by atoms with Crippen molar-refractivity contribution < 1.29 is 64.2 Å². The van der Waals surface area contributed by atoms with Crippen molar-refractivity contribution in [2.24, 2.45) is 0 Å². The van der Waals surface area contributed by atoms with Crippen LogP contribution in [0.4, 0.5) is 26.3 Å². The van der Waals surface area contributed by atoms with Gasteiger partial charge < -0.3 is 37.9 Å². The second-order valence-electron chi connectivity index (χ2n) is 23.5. The number of rotatable bonds is 28. The Morgan fingerprint density at radius 1 is 0.370 bits per heavy atom. The number of hydrogen-bond acceptors (Lipinski definition) is 10. The zero-order chi connectivity index (χ0) is 59.0. The molecule has 2 atom stereocenters. The molecule has 0 bridgehead atoms. The molecule has 8 nitrogen and oxygen atoms in total. The minimum atomic E-state index is -5.74. The van der Waals surface area contributed by atoms with Crippen molar-refractivity contribution in [3.63, 3.8) is 0 Å². The minimum absolute atomic E-state index is 0.205. The van der Waals surface area contributed by atoms with Crippen molar-refractivity contribution in [2.45, 2.75) is 121 Å². The summed E-state index contributed by atoms with van der Waals surface area (Å²) in [7, 11) is 3.21. The molecule has 2 heterocycles.